The minimum absolute atomic E-state index is 0.0202. The molecule has 156 valence electrons. The van der Waals surface area contributed by atoms with Crippen LogP contribution in [0, 0.1) is 0 Å². The van der Waals surface area contributed by atoms with Crippen LogP contribution >= 0.6 is 23.2 Å². The Bertz CT molecular complexity index is 1010. The number of benzene rings is 2. The molecule has 0 aliphatic heterocycles. The van der Waals surface area contributed by atoms with E-state index in [9.17, 15) is 18.0 Å². The third-order valence-electron chi connectivity index (χ3n) is 3.97. The fourth-order valence-corrected chi connectivity index (χ4v) is 4.35. The van der Waals surface area contributed by atoms with E-state index in [-0.39, 0.29) is 26.2 Å². The molecule has 0 saturated carbocycles. The van der Waals surface area contributed by atoms with E-state index in [1.165, 1.54) is 28.6 Å². The van der Waals surface area contributed by atoms with Gasteiger partial charge in [0.25, 0.3) is 5.91 Å². The van der Waals surface area contributed by atoms with Crippen LogP contribution in [0.3, 0.4) is 0 Å². The van der Waals surface area contributed by atoms with E-state index in [4.69, 9.17) is 27.9 Å². The van der Waals surface area contributed by atoms with Crippen molar-refractivity contribution in [2.24, 2.45) is 0 Å². The Hall–Kier alpha value is -2.13. The van der Waals surface area contributed by atoms with Gasteiger partial charge in [0, 0.05) is 13.1 Å². The molecule has 0 radical (unpaired) electrons. The first-order valence-electron chi connectivity index (χ1n) is 8.71. The minimum Gasteiger partial charge on any atom is -0.452 e. The lowest BCUT2D eigenvalue weighted by Gasteiger charge is -2.18. The van der Waals surface area contributed by atoms with E-state index in [1.54, 1.807) is 32.0 Å². The largest absolute Gasteiger partial charge is 0.452 e. The average Bonchev–Trinajstić information content (AvgIpc) is 2.70. The molecule has 1 N–H and O–H groups in total. The van der Waals surface area contributed by atoms with Crippen LogP contribution in [0.2, 0.25) is 10.0 Å². The summed E-state index contributed by atoms with van der Waals surface area (Å²) >= 11 is 11.9. The summed E-state index contributed by atoms with van der Waals surface area (Å²) in [6.45, 7) is 3.49. The fraction of sp³-hybridized carbons (Fsp3) is 0.263. The van der Waals surface area contributed by atoms with Crippen LogP contribution in [0.4, 0.5) is 5.69 Å². The Morgan fingerprint density at radius 1 is 1.07 bits per heavy atom. The van der Waals surface area contributed by atoms with E-state index in [0.29, 0.717) is 13.1 Å². The van der Waals surface area contributed by atoms with Gasteiger partial charge in [-0.3, -0.25) is 4.79 Å². The zero-order chi connectivity index (χ0) is 21.6. The van der Waals surface area contributed by atoms with Crippen LogP contribution in [0.25, 0.3) is 0 Å². The van der Waals surface area contributed by atoms with Crippen LogP contribution in [-0.4, -0.2) is 44.3 Å². The van der Waals surface area contributed by atoms with Crippen LogP contribution in [0.5, 0.6) is 0 Å². The van der Waals surface area contributed by atoms with E-state index in [0.717, 1.165) is 0 Å². The maximum Gasteiger partial charge on any atom is 0.338 e. The summed E-state index contributed by atoms with van der Waals surface area (Å²) < 4.78 is 31.4. The summed E-state index contributed by atoms with van der Waals surface area (Å²) in [5, 5.41) is 2.93. The summed E-state index contributed by atoms with van der Waals surface area (Å²) in [7, 11) is -3.72. The zero-order valence-corrected chi connectivity index (χ0v) is 18.1. The number of amides is 1. The predicted molar refractivity (Wildman–Crippen MR) is 112 cm³/mol. The van der Waals surface area contributed by atoms with Crippen LogP contribution in [0.1, 0.15) is 24.2 Å². The van der Waals surface area contributed by atoms with Gasteiger partial charge in [0.2, 0.25) is 10.0 Å². The predicted octanol–water partition coefficient (Wildman–Crippen LogP) is 3.82. The van der Waals surface area contributed by atoms with Gasteiger partial charge in [0.1, 0.15) is 0 Å². The second kappa shape index (κ2) is 10.1. The van der Waals surface area contributed by atoms with Crippen molar-refractivity contribution in [2.75, 3.05) is 25.0 Å². The molecular weight excluding hydrogens is 439 g/mol. The number of rotatable bonds is 8. The zero-order valence-electron chi connectivity index (χ0n) is 15.8. The molecule has 0 spiro atoms. The smallest absolute Gasteiger partial charge is 0.338 e. The number of carbonyl (C=O) groups excluding carboxylic acids is 2. The number of esters is 1. The van der Waals surface area contributed by atoms with Gasteiger partial charge < -0.3 is 10.1 Å². The van der Waals surface area contributed by atoms with Crippen molar-refractivity contribution in [3.63, 3.8) is 0 Å². The summed E-state index contributed by atoms with van der Waals surface area (Å²) in [5.74, 6) is -1.44. The maximum absolute atomic E-state index is 12.6. The van der Waals surface area contributed by atoms with Crippen molar-refractivity contribution < 1.29 is 22.7 Å². The summed E-state index contributed by atoms with van der Waals surface area (Å²) in [6, 6.07) is 10.2. The quantitative estimate of drug-likeness (QED) is 0.606. The van der Waals surface area contributed by atoms with Gasteiger partial charge in [-0.1, -0.05) is 49.2 Å². The van der Waals surface area contributed by atoms with Gasteiger partial charge >= 0.3 is 5.97 Å². The summed E-state index contributed by atoms with van der Waals surface area (Å²) in [4.78, 5) is 24.2. The molecule has 0 fully saturated rings. The lowest BCUT2D eigenvalue weighted by atomic mass is 10.2. The molecule has 0 aliphatic rings. The molecule has 0 unspecified atom stereocenters. The Labute approximate surface area is 179 Å². The molecule has 0 aromatic heterocycles. The van der Waals surface area contributed by atoms with Crippen molar-refractivity contribution in [1.29, 1.82) is 0 Å². The van der Waals surface area contributed by atoms with Crippen LogP contribution in [0.15, 0.2) is 47.4 Å². The number of halogens is 2. The highest BCUT2D eigenvalue weighted by Crippen LogP contribution is 2.29. The molecule has 7 nitrogen and oxygen atoms in total. The minimum atomic E-state index is -3.72. The Morgan fingerprint density at radius 3 is 2.38 bits per heavy atom. The first-order valence-corrected chi connectivity index (χ1v) is 10.9. The van der Waals surface area contributed by atoms with E-state index >= 15 is 0 Å². The normalized spacial score (nSPS) is 11.3. The van der Waals surface area contributed by atoms with Crippen molar-refractivity contribution >= 4 is 50.8 Å². The van der Waals surface area contributed by atoms with Crippen molar-refractivity contribution in [1.82, 2.24) is 4.31 Å². The van der Waals surface area contributed by atoms with E-state index in [2.05, 4.69) is 5.32 Å². The molecule has 0 heterocycles. The highest BCUT2D eigenvalue weighted by atomic mass is 35.5. The number of carbonyl (C=O) groups is 2. The topological polar surface area (TPSA) is 92.8 Å². The van der Waals surface area contributed by atoms with Gasteiger partial charge in [-0.2, -0.15) is 4.31 Å². The molecule has 0 aliphatic carbocycles. The van der Waals surface area contributed by atoms with Gasteiger partial charge in [0.05, 0.1) is 26.2 Å². The summed E-state index contributed by atoms with van der Waals surface area (Å²) in [6.07, 6.45) is 0. The van der Waals surface area contributed by atoms with Crippen molar-refractivity contribution in [3.05, 3.63) is 58.1 Å². The number of anilines is 1. The molecule has 29 heavy (non-hydrogen) atoms. The highest BCUT2D eigenvalue weighted by molar-refractivity contribution is 7.89. The van der Waals surface area contributed by atoms with Gasteiger partial charge in [0.15, 0.2) is 6.61 Å². The second-order valence-corrected chi connectivity index (χ2v) is 8.57. The van der Waals surface area contributed by atoms with E-state index in [1.807, 2.05) is 0 Å². The standard InChI is InChI=1S/C19H20Cl2N2O5S/c1-3-23(4-2)29(26,27)14-8-5-7-13(11-14)19(25)28-12-17(24)22-16-10-6-9-15(20)18(16)21/h5-11H,3-4,12H2,1-2H3,(H,22,24). The number of nitrogens with zero attached hydrogens (tertiary/aromatic N) is 1. The first-order chi connectivity index (χ1) is 13.7. The highest BCUT2D eigenvalue weighted by Gasteiger charge is 2.23. The monoisotopic (exact) mass is 458 g/mol. The van der Waals surface area contributed by atoms with Crippen molar-refractivity contribution in [3.8, 4) is 0 Å². The SMILES string of the molecule is CCN(CC)S(=O)(=O)c1cccc(C(=O)OCC(=O)Nc2cccc(Cl)c2Cl)c1. The molecular formula is C19H20Cl2N2O5S. The number of nitrogens with one attached hydrogen (secondary N) is 1. The lowest BCUT2D eigenvalue weighted by Crippen LogP contribution is -2.30. The average molecular weight is 459 g/mol. The molecule has 0 atom stereocenters. The molecule has 0 saturated heterocycles. The molecule has 2 aromatic rings. The Kier molecular flexibility index (Phi) is 8.04. The number of hydrogen-bond donors (Lipinski definition) is 1. The second-order valence-electron chi connectivity index (χ2n) is 5.84. The third-order valence-corrected chi connectivity index (χ3v) is 6.84. The molecule has 10 heteroatoms. The maximum atomic E-state index is 12.6. The fourth-order valence-electron chi connectivity index (χ4n) is 2.50. The van der Waals surface area contributed by atoms with Crippen molar-refractivity contribution in [2.45, 2.75) is 18.7 Å². The van der Waals surface area contributed by atoms with Crippen LogP contribution < -0.4 is 5.32 Å². The number of sulfonamides is 1. The summed E-state index contributed by atoms with van der Waals surface area (Å²) in [5.41, 5.74) is 0.305. The molecule has 2 rings (SSSR count). The Morgan fingerprint density at radius 2 is 1.72 bits per heavy atom. The molecule has 0 bridgehead atoms. The van der Waals surface area contributed by atoms with Gasteiger partial charge in [-0.05, 0) is 30.3 Å². The van der Waals surface area contributed by atoms with Gasteiger partial charge in [-0.15, -0.1) is 0 Å². The third kappa shape index (κ3) is 5.70. The lowest BCUT2D eigenvalue weighted by molar-refractivity contribution is -0.119. The first kappa shape index (κ1) is 23.2. The molecule has 2 aromatic carbocycles. The molecule has 1 amide bonds. The van der Waals surface area contributed by atoms with Crippen LogP contribution in [-0.2, 0) is 19.6 Å². The number of ether oxygens (including phenoxy) is 1. The van der Waals surface area contributed by atoms with E-state index < -0.39 is 28.5 Å². The Balaban J connectivity index is 2.06. The van der Waals surface area contributed by atoms with Gasteiger partial charge in [-0.25, -0.2) is 13.2 Å². The number of hydrogen-bond acceptors (Lipinski definition) is 5.